The first-order chi connectivity index (χ1) is 12.2. The second-order valence-corrected chi connectivity index (χ2v) is 8.07. The highest BCUT2D eigenvalue weighted by atomic mass is 35.5. The zero-order chi connectivity index (χ0) is 17.4. The largest absolute Gasteiger partial charge is 0.366 e. The molecule has 0 amide bonds. The Bertz CT molecular complexity index is 906. The van der Waals surface area contributed by atoms with Crippen LogP contribution in [0.1, 0.15) is 27.5 Å². The van der Waals surface area contributed by atoms with E-state index in [9.17, 15) is 0 Å². The van der Waals surface area contributed by atoms with E-state index in [4.69, 9.17) is 11.6 Å². The van der Waals surface area contributed by atoms with Crippen molar-refractivity contribution in [1.29, 1.82) is 0 Å². The van der Waals surface area contributed by atoms with E-state index in [0.717, 1.165) is 29.7 Å². The third-order valence-corrected chi connectivity index (χ3v) is 6.13. The number of nitrogens with zero attached hydrogens (tertiary/aromatic N) is 2. The molecule has 0 aliphatic carbocycles. The fourth-order valence-electron chi connectivity index (χ4n) is 3.60. The number of allylic oxidation sites excluding steroid dienone is 2. The summed E-state index contributed by atoms with van der Waals surface area (Å²) >= 11 is 8.02. The minimum atomic E-state index is 0.260. The maximum atomic E-state index is 6.36. The van der Waals surface area contributed by atoms with Crippen molar-refractivity contribution >= 4 is 34.7 Å². The molecule has 0 spiro atoms. The smallest absolute Gasteiger partial charge is 0.0934 e. The van der Waals surface area contributed by atoms with E-state index < -0.39 is 0 Å². The number of thiophene rings is 1. The van der Waals surface area contributed by atoms with Crippen LogP contribution >= 0.6 is 22.9 Å². The van der Waals surface area contributed by atoms with Crippen LogP contribution in [0, 0.1) is 0 Å². The van der Waals surface area contributed by atoms with Gasteiger partial charge in [0.2, 0.25) is 0 Å². The Morgan fingerprint density at radius 3 is 2.92 bits per heavy atom. The summed E-state index contributed by atoms with van der Waals surface area (Å²) in [6.07, 6.45) is 5.99. The Kier molecular flexibility index (Phi) is 4.36. The molecule has 126 valence electrons. The molecule has 4 heteroatoms. The monoisotopic (exact) mass is 366 g/mol. The average molecular weight is 367 g/mol. The SMILES string of the molecule is C=CC(=C)N1Cc2sc(Cl)cc2C(c2ccccc2C2=CCN=C2)C1. The summed E-state index contributed by atoms with van der Waals surface area (Å²) in [5.74, 6) is 0.260. The first-order valence-corrected chi connectivity index (χ1v) is 9.50. The lowest BCUT2D eigenvalue weighted by Gasteiger charge is -2.35. The fourth-order valence-corrected chi connectivity index (χ4v) is 4.95. The molecule has 1 atom stereocenters. The van der Waals surface area contributed by atoms with E-state index in [2.05, 4.69) is 59.5 Å². The number of hydrogen-bond acceptors (Lipinski definition) is 3. The molecule has 25 heavy (non-hydrogen) atoms. The van der Waals surface area contributed by atoms with Crippen molar-refractivity contribution in [2.45, 2.75) is 12.5 Å². The van der Waals surface area contributed by atoms with Crippen molar-refractivity contribution in [2.24, 2.45) is 4.99 Å². The Morgan fingerprint density at radius 2 is 2.16 bits per heavy atom. The van der Waals surface area contributed by atoms with Gasteiger partial charge < -0.3 is 4.90 Å². The Labute approximate surface area is 157 Å². The van der Waals surface area contributed by atoms with Crippen LogP contribution in [-0.4, -0.2) is 24.2 Å². The second kappa shape index (κ2) is 6.66. The van der Waals surface area contributed by atoms with Crippen molar-refractivity contribution < 1.29 is 0 Å². The third-order valence-electron chi connectivity index (χ3n) is 4.86. The van der Waals surface area contributed by atoms with Crippen molar-refractivity contribution in [3.63, 3.8) is 0 Å². The van der Waals surface area contributed by atoms with Gasteiger partial charge in [-0.05, 0) is 34.4 Å². The van der Waals surface area contributed by atoms with E-state index in [1.807, 2.05) is 12.3 Å². The van der Waals surface area contributed by atoms with Crippen LogP contribution in [0.3, 0.4) is 0 Å². The lowest BCUT2D eigenvalue weighted by atomic mass is 9.84. The van der Waals surface area contributed by atoms with Gasteiger partial charge in [0.25, 0.3) is 0 Å². The zero-order valence-electron chi connectivity index (χ0n) is 13.9. The van der Waals surface area contributed by atoms with Gasteiger partial charge in [0, 0.05) is 29.3 Å². The van der Waals surface area contributed by atoms with Gasteiger partial charge in [0.1, 0.15) is 0 Å². The van der Waals surface area contributed by atoms with E-state index >= 15 is 0 Å². The Balaban J connectivity index is 1.83. The predicted molar refractivity (Wildman–Crippen MR) is 109 cm³/mol. The predicted octanol–water partition coefficient (Wildman–Crippen LogP) is 5.52. The molecule has 0 fully saturated rings. The van der Waals surface area contributed by atoms with E-state index in [1.54, 1.807) is 11.3 Å². The molecule has 3 heterocycles. The number of rotatable bonds is 4. The maximum Gasteiger partial charge on any atom is 0.0934 e. The molecule has 0 saturated heterocycles. The van der Waals surface area contributed by atoms with E-state index in [0.29, 0.717) is 0 Å². The molecule has 0 radical (unpaired) electrons. The Hall–Kier alpha value is -2.10. The van der Waals surface area contributed by atoms with Gasteiger partial charge in [0.05, 0.1) is 17.4 Å². The molecular formula is C21H19ClN2S. The lowest BCUT2D eigenvalue weighted by Crippen LogP contribution is -2.32. The van der Waals surface area contributed by atoms with Crippen molar-refractivity contribution in [1.82, 2.24) is 4.90 Å². The first kappa shape index (κ1) is 16.4. The van der Waals surface area contributed by atoms with Crippen LogP contribution in [0.15, 0.2) is 66.3 Å². The molecule has 4 rings (SSSR count). The molecule has 1 unspecified atom stereocenters. The molecular weight excluding hydrogens is 348 g/mol. The minimum Gasteiger partial charge on any atom is -0.366 e. The average Bonchev–Trinajstić information content (AvgIpc) is 3.28. The summed E-state index contributed by atoms with van der Waals surface area (Å²) in [6, 6.07) is 10.8. The number of benzene rings is 1. The van der Waals surface area contributed by atoms with Crippen molar-refractivity contribution in [2.75, 3.05) is 13.1 Å². The molecule has 0 bridgehead atoms. The normalized spacial score (nSPS) is 18.8. The van der Waals surface area contributed by atoms with Crippen molar-refractivity contribution in [3.05, 3.63) is 87.2 Å². The van der Waals surface area contributed by atoms with Crippen LogP contribution in [0.4, 0.5) is 0 Å². The summed E-state index contributed by atoms with van der Waals surface area (Å²) < 4.78 is 0.847. The molecule has 2 aliphatic heterocycles. The molecule has 0 saturated carbocycles. The van der Waals surface area contributed by atoms with E-state index in [1.165, 1.54) is 27.1 Å². The zero-order valence-corrected chi connectivity index (χ0v) is 15.5. The van der Waals surface area contributed by atoms with Crippen LogP contribution in [0.25, 0.3) is 5.57 Å². The molecule has 2 aliphatic rings. The van der Waals surface area contributed by atoms with Gasteiger partial charge in [-0.25, -0.2) is 0 Å². The number of fused-ring (bicyclic) bond motifs is 1. The maximum absolute atomic E-state index is 6.36. The summed E-state index contributed by atoms with van der Waals surface area (Å²) in [5, 5.41) is 0. The van der Waals surface area contributed by atoms with Gasteiger partial charge in [-0.15, -0.1) is 11.3 Å². The molecule has 2 aromatic rings. The fraction of sp³-hybridized carbons (Fsp3) is 0.190. The molecule has 1 aromatic heterocycles. The Morgan fingerprint density at radius 1 is 1.32 bits per heavy atom. The number of aliphatic imine (C=N–C) groups is 1. The van der Waals surface area contributed by atoms with Crippen LogP contribution in [0.5, 0.6) is 0 Å². The third kappa shape index (κ3) is 2.99. The quantitative estimate of drug-likeness (QED) is 0.651. The summed E-state index contributed by atoms with van der Waals surface area (Å²) in [5.41, 5.74) is 6.08. The van der Waals surface area contributed by atoms with E-state index in [-0.39, 0.29) is 5.92 Å². The topological polar surface area (TPSA) is 15.6 Å². The highest BCUT2D eigenvalue weighted by molar-refractivity contribution is 7.16. The van der Waals surface area contributed by atoms with Gasteiger partial charge in [0.15, 0.2) is 0 Å². The van der Waals surface area contributed by atoms with Gasteiger partial charge in [-0.2, -0.15) is 0 Å². The molecule has 0 N–H and O–H groups in total. The highest BCUT2D eigenvalue weighted by Gasteiger charge is 2.30. The van der Waals surface area contributed by atoms with Crippen LogP contribution in [0.2, 0.25) is 4.34 Å². The number of hydrogen-bond donors (Lipinski definition) is 0. The lowest BCUT2D eigenvalue weighted by molar-refractivity contribution is 0.319. The van der Waals surface area contributed by atoms with Gasteiger partial charge >= 0.3 is 0 Å². The molecule has 1 aromatic carbocycles. The highest BCUT2D eigenvalue weighted by Crippen LogP contribution is 2.42. The number of halogens is 1. The minimum absolute atomic E-state index is 0.260. The summed E-state index contributed by atoms with van der Waals surface area (Å²) in [7, 11) is 0. The van der Waals surface area contributed by atoms with Gasteiger partial charge in [-0.3, -0.25) is 4.99 Å². The second-order valence-electron chi connectivity index (χ2n) is 6.30. The van der Waals surface area contributed by atoms with Crippen molar-refractivity contribution in [3.8, 4) is 0 Å². The standard InChI is InChI=1S/C21H19ClN2S/c1-3-14(2)24-12-19(18-10-21(22)25-20(18)13-24)17-7-5-4-6-16(17)15-8-9-23-11-15/h3-8,10-11,19H,1-2,9,12-13H2. The van der Waals surface area contributed by atoms with Crippen LogP contribution < -0.4 is 0 Å². The summed E-state index contributed by atoms with van der Waals surface area (Å²) in [6.45, 7) is 10.5. The summed E-state index contributed by atoms with van der Waals surface area (Å²) in [4.78, 5) is 7.96. The first-order valence-electron chi connectivity index (χ1n) is 8.31. The van der Waals surface area contributed by atoms with Gasteiger partial charge in [-0.1, -0.05) is 55.1 Å². The molecule has 2 nitrogen and oxygen atoms in total. The van der Waals surface area contributed by atoms with Crippen LogP contribution in [-0.2, 0) is 6.54 Å².